The second-order valence-corrected chi connectivity index (χ2v) is 7.45. The normalized spacial score (nSPS) is 11.1. The van der Waals surface area contributed by atoms with Gasteiger partial charge in [-0.25, -0.2) is 5.43 Å². The van der Waals surface area contributed by atoms with Gasteiger partial charge in [-0.05, 0) is 79.8 Å². The van der Waals surface area contributed by atoms with Crippen LogP contribution in [0.2, 0.25) is 0 Å². The molecule has 0 saturated carbocycles. The summed E-state index contributed by atoms with van der Waals surface area (Å²) in [5.74, 6) is -0.216. The lowest BCUT2D eigenvalue weighted by molar-refractivity contribution is 0.0955. The Hall–Kier alpha value is -2.41. The van der Waals surface area contributed by atoms with Crippen molar-refractivity contribution >= 4 is 34.7 Å². The van der Waals surface area contributed by atoms with Gasteiger partial charge in [-0.1, -0.05) is 23.8 Å². The standard InChI is InChI=1S/C21H20IN3O/c1-14-7-9-20(10-8-14)25-15(2)11-18(16(25)3)13-23-24-21(26)17-5-4-6-19(22)12-17/h4-13H,1-3H3,(H,24,26)/b23-13-. The lowest BCUT2D eigenvalue weighted by atomic mass is 10.2. The van der Waals surface area contributed by atoms with Crippen LogP contribution in [0.1, 0.15) is 32.9 Å². The molecular weight excluding hydrogens is 437 g/mol. The molecule has 0 fully saturated rings. The molecule has 0 bridgehead atoms. The number of aromatic nitrogens is 1. The van der Waals surface area contributed by atoms with Crippen LogP contribution in [-0.4, -0.2) is 16.7 Å². The molecule has 1 heterocycles. The fraction of sp³-hybridized carbons (Fsp3) is 0.143. The third-order valence-electron chi connectivity index (χ3n) is 4.22. The molecule has 0 saturated heterocycles. The van der Waals surface area contributed by atoms with Gasteiger partial charge in [0.2, 0.25) is 0 Å². The van der Waals surface area contributed by atoms with Crippen molar-refractivity contribution in [2.45, 2.75) is 20.8 Å². The van der Waals surface area contributed by atoms with Gasteiger partial charge in [0, 0.05) is 31.8 Å². The highest BCUT2D eigenvalue weighted by molar-refractivity contribution is 14.1. The molecule has 4 nitrogen and oxygen atoms in total. The summed E-state index contributed by atoms with van der Waals surface area (Å²) < 4.78 is 3.20. The van der Waals surface area contributed by atoms with E-state index in [2.05, 4.69) is 88.8 Å². The van der Waals surface area contributed by atoms with Crippen LogP contribution in [0, 0.1) is 24.3 Å². The minimum Gasteiger partial charge on any atom is -0.318 e. The molecule has 0 aliphatic heterocycles. The minimum absolute atomic E-state index is 0.216. The topological polar surface area (TPSA) is 46.4 Å². The van der Waals surface area contributed by atoms with E-state index in [4.69, 9.17) is 0 Å². The summed E-state index contributed by atoms with van der Waals surface area (Å²) in [5.41, 5.74) is 8.73. The lowest BCUT2D eigenvalue weighted by Gasteiger charge is -2.09. The summed E-state index contributed by atoms with van der Waals surface area (Å²) in [5, 5.41) is 4.13. The second-order valence-electron chi connectivity index (χ2n) is 6.21. The fourth-order valence-corrected chi connectivity index (χ4v) is 3.41. The van der Waals surface area contributed by atoms with Crippen LogP contribution < -0.4 is 5.43 Å². The SMILES string of the molecule is Cc1ccc(-n2c(C)cc(/C=N\NC(=O)c3cccc(I)c3)c2C)cc1. The Morgan fingerprint density at radius 2 is 1.81 bits per heavy atom. The van der Waals surface area contributed by atoms with E-state index in [-0.39, 0.29) is 5.91 Å². The molecular formula is C21H20IN3O. The molecule has 0 aliphatic carbocycles. The van der Waals surface area contributed by atoms with Crippen molar-refractivity contribution < 1.29 is 4.79 Å². The van der Waals surface area contributed by atoms with Crippen LogP contribution in [-0.2, 0) is 0 Å². The summed E-state index contributed by atoms with van der Waals surface area (Å²) >= 11 is 2.18. The smallest absolute Gasteiger partial charge is 0.271 e. The first-order chi connectivity index (χ1) is 12.5. The molecule has 26 heavy (non-hydrogen) atoms. The number of carbonyl (C=O) groups is 1. The van der Waals surface area contributed by atoms with Crippen molar-refractivity contribution in [2.24, 2.45) is 5.10 Å². The Morgan fingerprint density at radius 1 is 1.08 bits per heavy atom. The van der Waals surface area contributed by atoms with Gasteiger partial charge < -0.3 is 4.57 Å². The Bertz CT molecular complexity index is 971. The molecule has 1 N–H and O–H groups in total. The van der Waals surface area contributed by atoms with E-state index in [0.29, 0.717) is 5.56 Å². The van der Waals surface area contributed by atoms with Gasteiger partial charge in [-0.15, -0.1) is 0 Å². The third-order valence-corrected chi connectivity index (χ3v) is 4.89. The summed E-state index contributed by atoms with van der Waals surface area (Å²) in [4.78, 5) is 12.2. The summed E-state index contributed by atoms with van der Waals surface area (Å²) in [6.45, 7) is 6.19. The number of halogens is 1. The molecule has 1 aromatic heterocycles. The predicted octanol–water partition coefficient (Wildman–Crippen LogP) is 4.77. The van der Waals surface area contributed by atoms with Crippen molar-refractivity contribution in [3.63, 3.8) is 0 Å². The maximum Gasteiger partial charge on any atom is 0.271 e. The van der Waals surface area contributed by atoms with Crippen LogP contribution in [0.5, 0.6) is 0 Å². The van der Waals surface area contributed by atoms with E-state index in [1.54, 1.807) is 12.3 Å². The van der Waals surface area contributed by atoms with Crippen LogP contribution >= 0.6 is 22.6 Å². The van der Waals surface area contributed by atoms with Gasteiger partial charge in [0.15, 0.2) is 0 Å². The maximum atomic E-state index is 12.2. The van der Waals surface area contributed by atoms with Gasteiger partial charge in [-0.2, -0.15) is 5.10 Å². The van der Waals surface area contributed by atoms with Gasteiger partial charge in [0.25, 0.3) is 5.91 Å². The van der Waals surface area contributed by atoms with Crippen molar-refractivity contribution in [3.05, 3.63) is 86.2 Å². The number of rotatable bonds is 4. The highest BCUT2D eigenvalue weighted by Crippen LogP contribution is 2.20. The highest BCUT2D eigenvalue weighted by Gasteiger charge is 2.09. The quantitative estimate of drug-likeness (QED) is 0.343. The zero-order valence-corrected chi connectivity index (χ0v) is 17.1. The van der Waals surface area contributed by atoms with Crippen LogP contribution in [0.3, 0.4) is 0 Å². The second kappa shape index (κ2) is 7.86. The monoisotopic (exact) mass is 457 g/mol. The summed E-state index contributed by atoms with van der Waals surface area (Å²) in [7, 11) is 0. The number of benzene rings is 2. The zero-order valence-electron chi connectivity index (χ0n) is 15.0. The molecule has 0 unspecified atom stereocenters. The maximum absolute atomic E-state index is 12.2. The molecule has 3 aromatic rings. The molecule has 0 atom stereocenters. The van der Waals surface area contributed by atoms with E-state index in [0.717, 1.165) is 26.2 Å². The van der Waals surface area contributed by atoms with Crippen molar-refractivity contribution in [3.8, 4) is 5.69 Å². The van der Waals surface area contributed by atoms with Gasteiger partial charge in [0.05, 0.1) is 6.21 Å². The Kier molecular flexibility index (Phi) is 5.56. The minimum atomic E-state index is -0.216. The lowest BCUT2D eigenvalue weighted by Crippen LogP contribution is -2.17. The molecule has 0 spiro atoms. The molecule has 0 radical (unpaired) electrons. The Labute approximate surface area is 167 Å². The van der Waals surface area contributed by atoms with E-state index < -0.39 is 0 Å². The van der Waals surface area contributed by atoms with Crippen molar-refractivity contribution in [1.29, 1.82) is 0 Å². The van der Waals surface area contributed by atoms with Gasteiger partial charge in [0.1, 0.15) is 0 Å². The molecule has 1 amide bonds. The Balaban J connectivity index is 1.78. The number of hydrogen-bond acceptors (Lipinski definition) is 2. The molecule has 132 valence electrons. The summed E-state index contributed by atoms with van der Waals surface area (Å²) in [6, 6.07) is 17.9. The van der Waals surface area contributed by atoms with Crippen LogP contribution in [0.25, 0.3) is 5.69 Å². The zero-order chi connectivity index (χ0) is 18.7. The number of aryl methyl sites for hydroxylation is 2. The first-order valence-electron chi connectivity index (χ1n) is 8.30. The number of amides is 1. The Morgan fingerprint density at radius 3 is 2.50 bits per heavy atom. The molecule has 5 heteroatoms. The largest absolute Gasteiger partial charge is 0.318 e. The van der Waals surface area contributed by atoms with Crippen molar-refractivity contribution in [1.82, 2.24) is 9.99 Å². The van der Waals surface area contributed by atoms with E-state index in [1.807, 2.05) is 18.2 Å². The third kappa shape index (κ3) is 4.04. The number of carbonyl (C=O) groups excluding carboxylic acids is 1. The predicted molar refractivity (Wildman–Crippen MR) is 114 cm³/mol. The number of hydrogen-bond donors (Lipinski definition) is 1. The average Bonchev–Trinajstić information content (AvgIpc) is 2.89. The van der Waals surface area contributed by atoms with Gasteiger partial charge >= 0.3 is 0 Å². The molecule has 2 aromatic carbocycles. The highest BCUT2D eigenvalue weighted by atomic mass is 127. The number of nitrogens with zero attached hydrogens (tertiary/aromatic N) is 2. The van der Waals surface area contributed by atoms with Crippen LogP contribution in [0.15, 0.2) is 59.7 Å². The fourth-order valence-electron chi connectivity index (χ4n) is 2.86. The van der Waals surface area contributed by atoms with E-state index in [9.17, 15) is 4.79 Å². The molecule has 0 aliphatic rings. The first kappa shape index (κ1) is 18.4. The summed E-state index contributed by atoms with van der Waals surface area (Å²) in [6.07, 6.45) is 1.69. The number of hydrazone groups is 1. The van der Waals surface area contributed by atoms with Gasteiger partial charge in [-0.3, -0.25) is 4.79 Å². The number of nitrogens with one attached hydrogen (secondary N) is 1. The van der Waals surface area contributed by atoms with E-state index in [1.165, 1.54) is 5.56 Å². The van der Waals surface area contributed by atoms with Crippen LogP contribution in [0.4, 0.5) is 0 Å². The van der Waals surface area contributed by atoms with E-state index >= 15 is 0 Å². The first-order valence-corrected chi connectivity index (χ1v) is 9.38. The molecule has 3 rings (SSSR count). The average molecular weight is 457 g/mol. The van der Waals surface area contributed by atoms with Crippen molar-refractivity contribution in [2.75, 3.05) is 0 Å².